The maximum atomic E-state index is 11.2. The number of aliphatic hydroxyl groups excluding tert-OH is 1. The van der Waals surface area contributed by atoms with Gasteiger partial charge < -0.3 is 14.8 Å². The van der Waals surface area contributed by atoms with Gasteiger partial charge in [-0.3, -0.25) is 0 Å². The number of nitrogens with zero attached hydrogens (tertiary/aromatic N) is 2. The number of rotatable bonds is 3. The van der Waals surface area contributed by atoms with Crippen molar-refractivity contribution in [3.05, 3.63) is 29.6 Å². The number of carbonyl (C=O) groups is 1. The fraction of sp³-hybridized carbons (Fsp3) is 0.429. The average Bonchev–Trinajstić information content (AvgIpc) is 2.68. The molecule has 0 unspecified atom stereocenters. The van der Waals surface area contributed by atoms with Gasteiger partial charge >= 0.3 is 5.97 Å². The standard InChI is InChI=1S/C14H18N2O3/c1-14(2,3)13-15-11-9(12(18)19)5-4-6-10(11)16(13)7-8-17/h4-6,17H,7-8H2,1-3H3,(H,18,19). The first-order valence-electron chi connectivity index (χ1n) is 6.20. The number of aromatic nitrogens is 2. The second kappa shape index (κ2) is 4.66. The molecule has 0 bridgehead atoms. The third-order valence-corrected chi connectivity index (χ3v) is 3.00. The Kier molecular flexibility index (Phi) is 3.32. The van der Waals surface area contributed by atoms with Gasteiger partial charge in [-0.15, -0.1) is 0 Å². The molecule has 102 valence electrons. The maximum Gasteiger partial charge on any atom is 0.337 e. The lowest BCUT2D eigenvalue weighted by Crippen LogP contribution is -2.20. The SMILES string of the molecule is CC(C)(C)c1nc2c(C(=O)O)cccc2n1CCO. The van der Waals surface area contributed by atoms with E-state index in [-0.39, 0.29) is 17.6 Å². The molecule has 1 heterocycles. The van der Waals surface area contributed by atoms with Crippen LogP contribution in [0.2, 0.25) is 0 Å². The Morgan fingerprint density at radius 3 is 2.58 bits per heavy atom. The molecule has 5 nitrogen and oxygen atoms in total. The smallest absolute Gasteiger partial charge is 0.337 e. The van der Waals surface area contributed by atoms with E-state index in [2.05, 4.69) is 4.98 Å². The lowest BCUT2D eigenvalue weighted by molar-refractivity contribution is 0.0699. The second-order valence-corrected chi connectivity index (χ2v) is 5.54. The highest BCUT2D eigenvalue weighted by Gasteiger charge is 2.24. The van der Waals surface area contributed by atoms with Gasteiger partial charge in [0.15, 0.2) is 0 Å². The third-order valence-electron chi connectivity index (χ3n) is 3.00. The number of carboxylic acids is 1. The van der Waals surface area contributed by atoms with Crippen LogP contribution in [0.15, 0.2) is 18.2 Å². The van der Waals surface area contributed by atoms with Gasteiger partial charge in [-0.05, 0) is 12.1 Å². The summed E-state index contributed by atoms with van der Waals surface area (Å²) in [4.78, 5) is 15.7. The summed E-state index contributed by atoms with van der Waals surface area (Å²) in [5.74, 6) is -0.204. The summed E-state index contributed by atoms with van der Waals surface area (Å²) in [6, 6.07) is 5.08. The second-order valence-electron chi connectivity index (χ2n) is 5.54. The van der Waals surface area contributed by atoms with Gasteiger partial charge in [0.1, 0.15) is 11.3 Å². The monoisotopic (exact) mass is 262 g/mol. The summed E-state index contributed by atoms with van der Waals surface area (Å²) in [5, 5.41) is 18.4. The minimum absolute atomic E-state index is 0.00810. The first-order chi connectivity index (χ1) is 8.86. The van der Waals surface area contributed by atoms with E-state index in [1.54, 1.807) is 12.1 Å². The van der Waals surface area contributed by atoms with Crippen molar-refractivity contribution in [2.45, 2.75) is 32.7 Å². The van der Waals surface area contributed by atoms with E-state index in [9.17, 15) is 15.0 Å². The number of carboxylic acid groups (broad SMARTS) is 1. The molecule has 0 fully saturated rings. The fourth-order valence-corrected chi connectivity index (χ4v) is 2.22. The van der Waals surface area contributed by atoms with Crippen LogP contribution in [0.25, 0.3) is 11.0 Å². The number of fused-ring (bicyclic) bond motifs is 1. The highest BCUT2D eigenvalue weighted by molar-refractivity contribution is 6.01. The molecule has 1 aromatic carbocycles. The van der Waals surface area contributed by atoms with Crippen molar-refractivity contribution in [3.8, 4) is 0 Å². The van der Waals surface area contributed by atoms with Crippen LogP contribution in [0.5, 0.6) is 0 Å². The van der Waals surface area contributed by atoms with Crippen LogP contribution in [-0.2, 0) is 12.0 Å². The normalized spacial score (nSPS) is 12.0. The van der Waals surface area contributed by atoms with Crippen molar-refractivity contribution < 1.29 is 15.0 Å². The van der Waals surface area contributed by atoms with E-state index in [0.29, 0.717) is 12.1 Å². The highest BCUT2D eigenvalue weighted by atomic mass is 16.4. The molecule has 0 saturated heterocycles. The van der Waals surface area contributed by atoms with Gasteiger partial charge in [0, 0.05) is 12.0 Å². The lowest BCUT2D eigenvalue weighted by atomic mass is 9.95. The van der Waals surface area contributed by atoms with E-state index in [1.807, 2.05) is 31.4 Å². The van der Waals surface area contributed by atoms with Crippen LogP contribution in [0.1, 0.15) is 37.0 Å². The zero-order chi connectivity index (χ0) is 14.2. The van der Waals surface area contributed by atoms with Crippen LogP contribution in [0.4, 0.5) is 0 Å². The predicted octanol–water partition coefficient (Wildman–Crippen LogP) is 2.02. The Labute approximate surface area is 111 Å². The van der Waals surface area contributed by atoms with E-state index >= 15 is 0 Å². The molecule has 1 aromatic heterocycles. The molecule has 0 spiro atoms. The average molecular weight is 262 g/mol. The Hall–Kier alpha value is -1.88. The maximum absolute atomic E-state index is 11.2. The number of para-hydroxylation sites is 1. The predicted molar refractivity (Wildman–Crippen MR) is 72.5 cm³/mol. The number of imidazole rings is 1. The van der Waals surface area contributed by atoms with Gasteiger partial charge in [-0.25, -0.2) is 9.78 Å². The minimum Gasteiger partial charge on any atom is -0.478 e. The van der Waals surface area contributed by atoms with Gasteiger partial charge in [0.05, 0.1) is 17.7 Å². The van der Waals surface area contributed by atoms with E-state index in [1.165, 1.54) is 0 Å². The van der Waals surface area contributed by atoms with E-state index in [0.717, 1.165) is 11.3 Å². The lowest BCUT2D eigenvalue weighted by Gasteiger charge is -2.19. The highest BCUT2D eigenvalue weighted by Crippen LogP contribution is 2.28. The molecule has 19 heavy (non-hydrogen) atoms. The number of aromatic carboxylic acids is 1. The Morgan fingerprint density at radius 2 is 2.05 bits per heavy atom. The molecule has 0 aliphatic carbocycles. The Bertz CT molecular complexity index is 623. The number of hydrogen-bond donors (Lipinski definition) is 2. The minimum atomic E-state index is -0.986. The van der Waals surface area contributed by atoms with Crippen molar-refractivity contribution >= 4 is 17.0 Å². The van der Waals surface area contributed by atoms with E-state index in [4.69, 9.17) is 0 Å². The van der Waals surface area contributed by atoms with Gasteiger partial charge in [0.2, 0.25) is 0 Å². The number of aliphatic hydroxyl groups is 1. The molecule has 0 aliphatic rings. The molecule has 0 amide bonds. The molecule has 2 rings (SSSR count). The zero-order valence-electron chi connectivity index (χ0n) is 11.3. The van der Waals surface area contributed by atoms with Crippen molar-refractivity contribution in [2.75, 3.05) is 6.61 Å². The molecular weight excluding hydrogens is 244 g/mol. The summed E-state index contributed by atoms with van der Waals surface area (Å²) < 4.78 is 1.89. The molecule has 0 atom stereocenters. The zero-order valence-corrected chi connectivity index (χ0v) is 11.3. The van der Waals surface area contributed by atoms with Crippen LogP contribution in [-0.4, -0.2) is 32.3 Å². The van der Waals surface area contributed by atoms with E-state index < -0.39 is 5.97 Å². The quantitative estimate of drug-likeness (QED) is 0.887. The van der Waals surface area contributed by atoms with Crippen molar-refractivity contribution in [1.82, 2.24) is 9.55 Å². The topological polar surface area (TPSA) is 75.3 Å². The van der Waals surface area contributed by atoms with Crippen LogP contribution < -0.4 is 0 Å². The summed E-state index contributed by atoms with van der Waals surface area (Å²) in [5.41, 5.74) is 1.20. The largest absolute Gasteiger partial charge is 0.478 e. The Morgan fingerprint density at radius 1 is 1.37 bits per heavy atom. The molecule has 5 heteroatoms. The fourth-order valence-electron chi connectivity index (χ4n) is 2.22. The molecule has 0 radical (unpaired) electrons. The first kappa shape index (κ1) is 13.5. The summed E-state index contributed by atoms with van der Waals surface area (Å²) >= 11 is 0. The first-order valence-corrected chi connectivity index (χ1v) is 6.20. The molecular formula is C14H18N2O3. The number of benzene rings is 1. The molecule has 0 aliphatic heterocycles. The van der Waals surface area contributed by atoms with Crippen molar-refractivity contribution in [2.24, 2.45) is 0 Å². The summed E-state index contributed by atoms with van der Waals surface area (Å²) in [6.07, 6.45) is 0. The van der Waals surface area contributed by atoms with Crippen LogP contribution in [0.3, 0.4) is 0 Å². The summed E-state index contributed by atoms with van der Waals surface area (Å²) in [6.45, 7) is 6.45. The van der Waals surface area contributed by atoms with Crippen LogP contribution in [0, 0.1) is 0 Å². The van der Waals surface area contributed by atoms with Crippen molar-refractivity contribution in [1.29, 1.82) is 0 Å². The Balaban J connectivity index is 2.80. The molecule has 2 aromatic rings. The number of hydrogen-bond acceptors (Lipinski definition) is 3. The van der Waals surface area contributed by atoms with Crippen molar-refractivity contribution in [3.63, 3.8) is 0 Å². The summed E-state index contributed by atoms with van der Waals surface area (Å²) in [7, 11) is 0. The van der Waals surface area contributed by atoms with Crippen LogP contribution >= 0.6 is 0 Å². The molecule has 0 saturated carbocycles. The van der Waals surface area contributed by atoms with Gasteiger partial charge in [-0.2, -0.15) is 0 Å². The van der Waals surface area contributed by atoms with Gasteiger partial charge in [0.25, 0.3) is 0 Å². The molecule has 2 N–H and O–H groups in total. The van der Waals surface area contributed by atoms with Gasteiger partial charge in [-0.1, -0.05) is 26.8 Å². The third kappa shape index (κ3) is 2.33.